The predicted molar refractivity (Wildman–Crippen MR) is 90.4 cm³/mol. The first-order valence-corrected chi connectivity index (χ1v) is 8.12. The second-order valence-electron chi connectivity index (χ2n) is 6.75. The molecule has 1 amide bonds. The van der Waals surface area contributed by atoms with Gasteiger partial charge in [0.1, 0.15) is 18.2 Å². The summed E-state index contributed by atoms with van der Waals surface area (Å²) < 4.78 is 14.0. The van der Waals surface area contributed by atoms with Crippen LogP contribution in [0.2, 0.25) is 0 Å². The number of amides is 1. The molecule has 0 saturated carbocycles. The van der Waals surface area contributed by atoms with E-state index in [0.717, 1.165) is 10.1 Å². The minimum Gasteiger partial charge on any atom is -0.501 e. The molecule has 0 spiro atoms. The summed E-state index contributed by atoms with van der Waals surface area (Å²) in [5, 5.41) is 12.8. The first kappa shape index (κ1) is 17.8. The van der Waals surface area contributed by atoms with E-state index in [2.05, 4.69) is 10.3 Å². The Labute approximate surface area is 148 Å². The van der Waals surface area contributed by atoms with Gasteiger partial charge in [0.15, 0.2) is 11.5 Å². The van der Waals surface area contributed by atoms with Crippen LogP contribution in [0.25, 0.3) is 0 Å². The van der Waals surface area contributed by atoms with Gasteiger partial charge in [-0.25, -0.2) is 9.37 Å². The molecule has 1 aromatic carbocycles. The molecule has 2 N–H and O–H groups in total. The van der Waals surface area contributed by atoms with Gasteiger partial charge in [-0.1, -0.05) is 12.1 Å². The Balaban J connectivity index is 1.92. The van der Waals surface area contributed by atoms with Crippen molar-refractivity contribution in [3.05, 3.63) is 57.5 Å². The van der Waals surface area contributed by atoms with E-state index in [-0.39, 0.29) is 36.2 Å². The lowest BCUT2D eigenvalue weighted by molar-refractivity contribution is -0.125. The lowest BCUT2D eigenvalue weighted by Gasteiger charge is -2.33. The molecule has 0 bridgehead atoms. The summed E-state index contributed by atoms with van der Waals surface area (Å²) in [6.45, 7) is 3.06. The van der Waals surface area contributed by atoms with Crippen LogP contribution in [0.15, 0.2) is 29.1 Å². The number of benzene rings is 1. The van der Waals surface area contributed by atoms with Crippen molar-refractivity contribution in [1.29, 1.82) is 0 Å². The maximum absolute atomic E-state index is 12.9. The Morgan fingerprint density at radius 1 is 1.31 bits per heavy atom. The number of fused-ring (bicyclic) bond motifs is 1. The number of ketones is 1. The Hall–Kier alpha value is -3.03. The largest absolute Gasteiger partial charge is 0.501 e. The zero-order valence-corrected chi connectivity index (χ0v) is 14.4. The summed E-state index contributed by atoms with van der Waals surface area (Å²) in [6, 6.07) is 5.73. The molecule has 2 heterocycles. The maximum Gasteiger partial charge on any atom is 0.297 e. The Kier molecular flexibility index (Phi) is 4.35. The third-order valence-electron chi connectivity index (χ3n) is 4.28. The molecule has 136 valence electrons. The summed E-state index contributed by atoms with van der Waals surface area (Å²) in [5.74, 6) is -1.79. The van der Waals surface area contributed by atoms with Crippen LogP contribution >= 0.6 is 0 Å². The fourth-order valence-corrected chi connectivity index (χ4v) is 2.98. The van der Waals surface area contributed by atoms with E-state index in [1.807, 2.05) is 0 Å². The summed E-state index contributed by atoms with van der Waals surface area (Å²) in [4.78, 5) is 40.8. The van der Waals surface area contributed by atoms with Crippen molar-refractivity contribution in [1.82, 2.24) is 14.9 Å². The van der Waals surface area contributed by atoms with Gasteiger partial charge in [0, 0.05) is 6.42 Å². The normalized spacial score (nSPS) is 15.3. The van der Waals surface area contributed by atoms with Crippen molar-refractivity contribution in [2.45, 2.75) is 38.8 Å². The van der Waals surface area contributed by atoms with Crippen LogP contribution in [0.1, 0.15) is 42.1 Å². The predicted octanol–water partition coefficient (Wildman–Crippen LogP) is 1.27. The molecule has 0 radical (unpaired) electrons. The van der Waals surface area contributed by atoms with E-state index < -0.39 is 22.6 Å². The second-order valence-corrected chi connectivity index (χ2v) is 6.75. The average Bonchev–Trinajstić information content (AvgIpc) is 2.57. The number of rotatable bonds is 4. The summed E-state index contributed by atoms with van der Waals surface area (Å²) >= 11 is 0. The molecule has 1 aromatic heterocycles. The van der Waals surface area contributed by atoms with Crippen LogP contribution in [-0.4, -0.2) is 26.3 Å². The monoisotopic (exact) mass is 359 g/mol. The topological polar surface area (TPSA) is 101 Å². The third-order valence-corrected chi connectivity index (χ3v) is 4.28. The van der Waals surface area contributed by atoms with Gasteiger partial charge in [-0.15, -0.1) is 0 Å². The molecular weight excluding hydrogens is 341 g/mol. The Morgan fingerprint density at radius 3 is 2.62 bits per heavy atom. The van der Waals surface area contributed by atoms with Gasteiger partial charge in [0.2, 0.25) is 11.7 Å². The molecular formula is C18H18FN3O4. The second kappa shape index (κ2) is 6.36. The van der Waals surface area contributed by atoms with Crippen molar-refractivity contribution in [3.63, 3.8) is 0 Å². The van der Waals surface area contributed by atoms with Gasteiger partial charge >= 0.3 is 0 Å². The standard InChI is InChI=1S/C18H18FN3O4/c1-18(2)17-20-14(15(25)16(26)22(17)9-13(24)21-18)12(23)8-5-10-3-6-11(19)7-4-10/h3-4,6-7,25H,5,8-9H2,1-2H3,(H,21,24). The van der Waals surface area contributed by atoms with Crippen LogP contribution in [0.4, 0.5) is 4.39 Å². The van der Waals surface area contributed by atoms with Gasteiger partial charge in [0.05, 0.1) is 5.54 Å². The molecule has 0 unspecified atom stereocenters. The van der Waals surface area contributed by atoms with E-state index in [0.29, 0.717) is 6.42 Å². The number of hydrogen-bond acceptors (Lipinski definition) is 5. The zero-order valence-electron chi connectivity index (χ0n) is 14.4. The molecule has 0 saturated heterocycles. The van der Waals surface area contributed by atoms with Crippen LogP contribution in [0.3, 0.4) is 0 Å². The first-order valence-electron chi connectivity index (χ1n) is 8.12. The van der Waals surface area contributed by atoms with Gasteiger partial charge in [-0.05, 0) is 38.0 Å². The van der Waals surface area contributed by atoms with Gasteiger partial charge in [-0.3, -0.25) is 19.0 Å². The summed E-state index contributed by atoms with van der Waals surface area (Å²) in [5.41, 5.74) is -1.33. The van der Waals surface area contributed by atoms with Crippen LogP contribution < -0.4 is 10.9 Å². The highest BCUT2D eigenvalue weighted by molar-refractivity contribution is 5.96. The minimum absolute atomic E-state index is 0.00186. The molecule has 7 nitrogen and oxygen atoms in total. The Morgan fingerprint density at radius 2 is 1.96 bits per heavy atom. The van der Waals surface area contributed by atoms with Gasteiger partial charge in [0.25, 0.3) is 5.56 Å². The van der Waals surface area contributed by atoms with E-state index in [1.54, 1.807) is 26.0 Å². The lowest BCUT2D eigenvalue weighted by atomic mass is 10.0. The molecule has 0 fully saturated rings. The van der Waals surface area contributed by atoms with Crippen LogP contribution in [0, 0.1) is 5.82 Å². The fourth-order valence-electron chi connectivity index (χ4n) is 2.98. The molecule has 26 heavy (non-hydrogen) atoms. The number of nitrogens with zero attached hydrogens (tertiary/aromatic N) is 2. The van der Waals surface area contributed by atoms with Crippen molar-refractivity contribution < 1.29 is 19.1 Å². The minimum atomic E-state index is -0.950. The fraction of sp³-hybridized carbons (Fsp3) is 0.333. The molecule has 1 aliphatic rings. The quantitative estimate of drug-likeness (QED) is 0.801. The van der Waals surface area contributed by atoms with E-state index >= 15 is 0 Å². The number of aromatic hydroxyl groups is 1. The number of nitrogens with one attached hydrogen (secondary N) is 1. The van der Waals surface area contributed by atoms with E-state index in [9.17, 15) is 23.9 Å². The van der Waals surface area contributed by atoms with Crippen molar-refractivity contribution >= 4 is 11.7 Å². The molecule has 1 aliphatic heterocycles. The lowest BCUT2D eigenvalue weighted by Crippen LogP contribution is -2.53. The highest BCUT2D eigenvalue weighted by Crippen LogP contribution is 2.24. The molecule has 0 atom stereocenters. The number of Topliss-reactive ketones (excluding diaryl/α,β-unsaturated/α-hetero) is 1. The molecule has 2 aromatic rings. The number of hydrogen-bond donors (Lipinski definition) is 2. The maximum atomic E-state index is 12.9. The number of carbonyl (C=O) groups is 2. The zero-order chi connectivity index (χ0) is 19.1. The molecule has 8 heteroatoms. The van der Waals surface area contributed by atoms with Gasteiger partial charge < -0.3 is 10.4 Å². The molecule has 3 rings (SSSR count). The smallest absolute Gasteiger partial charge is 0.297 e. The summed E-state index contributed by atoms with van der Waals surface area (Å²) in [6.07, 6.45) is 0.320. The number of halogens is 1. The van der Waals surface area contributed by atoms with Crippen molar-refractivity contribution in [3.8, 4) is 5.75 Å². The first-order chi connectivity index (χ1) is 12.2. The highest BCUT2D eigenvalue weighted by atomic mass is 19.1. The summed E-state index contributed by atoms with van der Waals surface area (Å²) in [7, 11) is 0. The van der Waals surface area contributed by atoms with Gasteiger partial charge in [-0.2, -0.15) is 0 Å². The number of carbonyl (C=O) groups excluding carboxylic acids is 2. The highest BCUT2D eigenvalue weighted by Gasteiger charge is 2.36. The van der Waals surface area contributed by atoms with Crippen LogP contribution in [-0.2, 0) is 23.3 Å². The van der Waals surface area contributed by atoms with Crippen molar-refractivity contribution in [2.75, 3.05) is 0 Å². The molecule has 0 aliphatic carbocycles. The van der Waals surface area contributed by atoms with Crippen molar-refractivity contribution in [2.24, 2.45) is 0 Å². The Bertz CT molecular complexity index is 948. The van der Waals surface area contributed by atoms with Crippen LogP contribution in [0.5, 0.6) is 5.75 Å². The average molecular weight is 359 g/mol. The van der Waals surface area contributed by atoms with E-state index in [4.69, 9.17) is 0 Å². The van der Waals surface area contributed by atoms with E-state index in [1.165, 1.54) is 12.1 Å². The number of aromatic nitrogens is 2. The SMILES string of the molecule is CC1(C)NC(=O)Cn2c1nc(C(=O)CCc1ccc(F)cc1)c(O)c2=O. The number of aryl methyl sites for hydroxylation is 1. The third kappa shape index (κ3) is 3.22.